The lowest BCUT2D eigenvalue weighted by atomic mass is 10.1. The van der Waals surface area contributed by atoms with Crippen molar-refractivity contribution in [2.45, 2.75) is 19.4 Å². The third-order valence-corrected chi connectivity index (χ3v) is 5.14. The monoisotopic (exact) mass is 472 g/mol. The number of carbonyl (C=O) groups is 2. The van der Waals surface area contributed by atoms with E-state index in [1.54, 1.807) is 80.6 Å². The van der Waals surface area contributed by atoms with E-state index in [9.17, 15) is 9.59 Å². The third-order valence-electron chi connectivity index (χ3n) is 4.56. The lowest BCUT2D eigenvalue weighted by molar-refractivity contribution is -0.128. The van der Waals surface area contributed by atoms with E-state index < -0.39 is 5.60 Å². The predicted molar refractivity (Wildman–Crippen MR) is 127 cm³/mol. The number of methoxy groups -OCH3 is 1. The molecule has 2 amide bonds. The minimum atomic E-state index is -1.15. The van der Waals surface area contributed by atoms with Gasteiger partial charge in [-0.1, -0.05) is 35.3 Å². The summed E-state index contributed by atoms with van der Waals surface area (Å²) >= 11 is 12.0. The summed E-state index contributed by atoms with van der Waals surface area (Å²) in [5.74, 6) is 0.162. The molecule has 166 valence electrons. The van der Waals surface area contributed by atoms with Crippen LogP contribution in [0.4, 0.5) is 11.4 Å². The standard InChI is InChI=1S/C24H22Cl2N2O4/c1-24(2,32-17-11-8-15(25)9-12-17)23(30)27-16-10-13-20(21(14-16)31-3)28-22(29)18-6-4-5-7-19(18)26/h4-14H,1-3H3,(H,27,30)(H,28,29). The number of anilines is 2. The van der Waals surface area contributed by atoms with E-state index in [4.69, 9.17) is 32.7 Å². The third kappa shape index (κ3) is 5.72. The van der Waals surface area contributed by atoms with Crippen molar-refractivity contribution < 1.29 is 19.1 Å². The number of rotatable bonds is 7. The summed E-state index contributed by atoms with van der Waals surface area (Å²) < 4.78 is 11.2. The molecule has 8 heteroatoms. The Morgan fingerprint density at radius 2 is 1.59 bits per heavy atom. The van der Waals surface area contributed by atoms with Crippen LogP contribution in [-0.4, -0.2) is 24.5 Å². The minimum absolute atomic E-state index is 0.342. The van der Waals surface area contributed by atoms with E-state index in [0.29, 0.717) is 38.5 Å². The quantitative estimate of drug-likeness (QED) is 0.438. The molecule has 6 nitrogen and oxygen atoms in total. The van der Waals surface area contributed by atoms with E-state index in [1.807, 2.05) is 0 Å². The molecule has 0 fully saturated rings. The molecule has 0 saturated heterocycles. The van der Waals surface area contributed by atoms with Crippen molar-refractivity contribution in [2.75, 3.05) is 17.7 Å². The Labute approximate surface area is 196 Å². The lowest BCUT2D eigenvalue weighted by Gasteiger charge is -2.25. The topological polar surface area (TPSA) is 76.7 Å². The number of benzene rings is 3. The predicted octanol–water partition coefficient (Wildman–Crippen LogP) is 6.05. The normalized spacial score (nSPS) is 10.9. The SMILES string of the molecule is COc1cc(NC(=O)C(C)(C)Oc2ccc(Cl)cc2)ccc1NC(=O)c1ccccc1Cl. The number of amides is 2. The van der Waals surface area contributed by atoms with Crippen LogP contribution in [0.15, 0.2) is 66.7 Å². The van der Waals surface area contributed by atoms with Gasteiger partial charge in [0.1, 0.15) is 11.5 Å². The van der Waals surface area contributed by atoms with Gasteiger partial charge in [0.25, 0.3) is 11.8 Å². The van der Waals surface area contributed by atoms with E-state index in [0.717, 1.165) is 0 Å². The highest BCUT2D eigenvalue weighted by Gasteiger charge is 2.30. The molecule has 3 aromatic rings. The first-order valence-electron chi connectivity index (χ1n) is 9.69. The van der Waals surface area contributed by atoms with Gasteiger partial charge >= 0.3 is 0 Å². The Morgan fingerprint density at radius 1 is 0.906 bits per heavy atom. The summed E-state index contributed by atoms with van der Waals surface area (Å²) in [6.45, 7) is 3.32. The molecule has 32 heavy (non-hydrogen) atoms. The first-order valence-corrected chi connectivity index (χ1v) is 10.4. The average molecular weight is 473 g/mol. The van der Waals surface area contributed by atoms with Gasteiger partial charge in [0.2, 0.25) is 0 Å². The molecule has 2 N–H and O–H groups in total. The summed E-state index contributed by atoms with van der Waals surface area (Å²) in [7, 11) is 1.47. The molecule has 0 aliphatic heterocycles. The van der Waals surface area contributed by atoms with Gasteiger partial charge in [0.15, 0.2) is 5.60 Å². The van der Waals surface area contributed by atoms with Crippen LogP contribution in [0.3, 0.4) is 0 Å². The van der Waals surface area contributed by atoms with Crippen molar-refractivity contribution in [3.63, 3.8) is 0 Å². The Kier molecular flexibility index (Phi) is 7.28. The highest BCUT2D eigenvalue weighted by atomic mass is 35.5. The fourth-order valence-electron chi connectivity index (χ4n) is 2.83. The summed E-state index contributed by atoms with van der Waals surface area (Å²) in [5.41, 5.74) is 0.107. The van der Waals surface area contributed by atoms with Crippen molar-refractivity contribution in [3.05, 3.63) is 82.3 Å². The summed E-state index contributed by atoms with van der Waals surface area (Å²) in [6.07, 6.45) is 0. The Hall–Kier alpha value is -3.22. The molecule has 0 unspecified atom stereocenters. The molecule has 3 rings (SSSR count). The second-order valence-corrected chi connectivity index (χ2v) is 8.21. The number of carbonyl (C=O) groups excluding carboxylic acids is 2. The van der Waals surface area contributed by atoms with Crippen molar-refractivity contribution >= 4 is 46.4 Å². The number of hydrogen-bond acceptors (Lipinski definition) is 4. The van der Waals surface area contributed by atoms with Crippen LogP contribution >= 0.6 is 23.2 Å². The largest absolute Gasteiger partial charge is 0.494 e. The van der Waals surface area contributed by atoms with Crippen LogP contribution in [-0.2, 0) is 4.79 Å². The summed E-state index contributed by atoms with van der Waals surface area (Å²) in [4.78, 5) is 25.3. The Morgan fingerprint density at radius 3 is 2.25 bits per heavy atom. The fourth-order valence-corrected chi connectivity index (χ4v) is 3.18. The van der Waals surface area contributed by atoms with Gasteiger partial charge in [-0.15, -0.1) is 0 Å². The van der Waals surface area contributed by atoms with E-state index in [2.05, 4.69) is 10.6 Å². The van der Waals surface area contributed by atoms with Gasteiger partial charge in [0, 0.05) is 16.8 Å². The molecule has 0 aliphatic carbocycles. The fraction of sp³-hybridized carbons (Fsp3) is 0.167. The molecule has 0 aromatic heterocycles. The van der Waals surface area contributed by atoms with Crippen LogP contribution in [0.1, 0.15) is 24.2 Å². The molecule has 0 radical (unpaired) electrons. The maximum atomic E-state index is 12.8. The zero-order valence-corrected chi connectivity index (χ0v) is 19.3. The van der Waals surface area contributed by atoms with Gasteiger partial charge in [0.05, 0.1) is 23.4 Å². The van der Waals surface area contributed by atoms with Crippen LogP contribution < -0.4 is 20.1 Å². The first-order chi connectivity index (χ1) is 15.2. The number of halogens is 2. The van der Waals surface area contributed by atoms with Crippen LogP contribution in [0, 0.1) is 0 Å². The maximum Gasteiger partial charge on any atom is 0.267 e. The van der Waals surface area contributed by atoms with Gasteiger partial charge in [-0.3, -0.25) is 9.59 Å². The molecule has 3 aromatic carbocycles. The molecular formula is C24H22Cl2N2O4. The van der Waals surface area contributed by atoms with Crippen molar-refractivity contribution in [2.24, 2.45) is 0 Å². The number of hydrogen-bond donors (Lipinski definition) is 2. The smallest absolute Gasteiger partial charge is 0.267 e. The van der Waals surface area contributed by atoms with Crippen LogP contribution in [0.2, 0.25) is 10.0 Å². The van der Waals surface area contributed by atoms with Gasteiger partial charge in [-0.25, -0.2) is 0 Å². The number of nitrogens with one attached hydrogen (secondary N) is 2. The zero-order chi connectivity index (χ0) is 23.3. The van der Waals surface area contributed by atoms with Crippen LogP contribution in [0.5, 0.6) is 11.5 Å². The minimum Gasteiger partial charge on any atom is -0.494 e. The molecule has 0 bridgehead atoms. The zero-order valence-electron chi connectivity index (χ0n) is 17.7. The Balaban J connectivity index is 1.72. The first kappa shape index (κ1) is 23.4. The molecule has 0 spiro atoms. The second-order valence-electron chi connectivity index (χ2n) is 7.37. The molecule has 0 heterocycles. The van der Waals surface area contributed by atoms with Gasteiger partial charge < -0.3 is 20.1 Å². The van der Waals surface area contributed by atoms with Crippen molar-refractivity contribution in [3.8, 4) is 11.5 Å². The summed E-state index contributed by atoms with van der Waals surface area (Å²) in [6, 6.07) is 18.4. The van der Waals surface area contributed by atoms with Crippen LogP contribution in [0.25, 0.3) is 0 Å². The molecular weight excluding hydrogens is 451 g/mol. The highest BCUT2D eigenvalue weighted by Crippen LogP contribution is 2.30. The van der Waals surface area contributed by atoms with E-state index in [-0.39, 0.29) is 11.8 Å². The summed E-state index contributed by atoms with van der Waals surface area (Å²) in [5, 5.41) is 6.50. The lowest BCUT2D eigenvalue weighted by Crippen LogP contribution is -2.42. The molecule has 0 saturated carbocycles. The van der Waals surface area contributed by atoms with E-state index >= 15 is 0 Å². The average Bonchev–Trinajstić information content (AvgIpc) is 2.76. The van der Waals surface area contributed by atoms with Crippen molar-refractivity contribution in [1.82, 2.24) is 0 Å². The van der Waals surface area contributed by atoms with Gasteiger partial charge in [-0.2, -0.15) is 0 Å². The van der Waals surface area contributed by atoms with Gasteiger partial charge in [-0.05, 0) is 62.4 Å². The Bertz CT molecular complexity index is 1130. The molecule has 0 atom stereocenters. The highest BCUT2D eigenvalue weighted by molar-refractivity contribution is 6.34. The van der Waals surface area contributed by atoms with Crippen molar-refractivity contribution in [1.29, 1.82) is 0 Å². The number of ether oxygens (including phenoxy) is 2. The van der Waals surface area contributed by atoms with E-state index in [1.165, 1.54) is 7.11 Å². The molecule has 0 aliphatic rings. The maximum absolute atomic E-state index is 12.8. The second kappa shape index (κ2) is 9.94.